The lowest BCUT2D eigenvalue weighted by Crippen LogP contribution is -2.22. The van der Waals surface area contributed by atoms with Crippen LogP contribution in [0.4, 0.5) is 0 Å². The predicted molar refractivity (Wildman–Crippen MR) is 95.3 cm³/mol. The molecule has 0 aliphatic heterocycles. The highest BCUT2D eigenvalue weighted by Crippen LogP contribution is 2.12. The molecular weight excluding hydrogens is 332 g/mol. The fourth-order valence-electron chi connectivity index (χ4n) is 2.02. The molecule has 0 radical (unpaired) electrons. The van der Waals surface area contributed by atoms with Gasteiger partial charge in [0.1, 0.15) is 16.6 Å². The van der Waals surface area contributed by atoms with Crippen LogP contribution in [-0.4, -0.2) is 58.6 Å². The zero-order valence-electron chi connectivity index (χ0n) is 15.0. The third kappa shape index (κ3) is 9.24. The van der Waals surface area contributed by atoms with Crippen LogP contribution in [0.5, 0.6) is 0 Å². The normalized spacial score (nSPS) is 12.7. The van der Waals surface area contributed by atoms with Crippen molar-refractivity contribution >= 4 is 17.9 Å². The fraction of sp³-hybridized carbons (Fsp3) is 0.800. The van der Waals surface area contributed by atoms with Gasteiger partial charge >= 0.3 is 0 Å². The second-order valence-corrected chi connectivity index (χ2v) is 15.0. The number of rotatable bonds is 11. The second kappa shape index (κ2) is 8.96. The summed E-state index contributed by atoms with van der Waals surface area (Å²) in [7, 11) is -2.43. The molecule has 0 saturated heterocycles. The largest absolute Gasteiger partial charge is 0.384 e. The Morgan fingerprint density at radius 1 is 1.22 bits per heavy atom. The highest BCUT2D eigenvalue weighted by molar-refractivity contribution is 7.90. The molecule has 0 fully saturated rings. The molecule has 8 heteroatoms. The quantitative estimate of drug-likeness (QED) is 0.445. The molecule has 0 aromatic carbocycles. The standard InChI is InChI=1S/C15H30N2O4SSi/c1-20-8-6-14-12-17(13-21-9-11-23(3,4)5)16-15(14)7-10-22(2,18)19/h12H,6-11,13H2,1-5H3. The molecule has 0 aliphatic carbocycles. The summed E-state index contributed by atoms with van der Waals surface area (Å²) in [6.45, 7) is 8.68. The number of ether oxygens (including phenoxy) is 2. The van der Waals surface area contributed by atoms with Gasteiger partial charge in [0.2, 0.25) is 0 Å². The van der Waals surface area contributed by atoms with Gasteiger partial charge in [-0.1, -0.05) is 19.6 Å². The van der Waals surface area contributed by atoms with Gasteiger partial charge in [0, 0.05) is 40.7 Å². The lowest BCUT2D eigenvalue weighted by molar-refractivity contribution is 0.0782. The Morgan fingerprint density at radius 3 is 2.48 bits per heavy atom. The Bertz CT molecular complexity index is 579. The molecule has 1 rings (SSSR count). The molecule has 23 heavy (non-hydrogen) atoms. The van der Waals surface area contributed by atoms with Crippen LogP contribution in [0.15, 0.2) is 6.20 Å². The number of hydrogen-bond acceptors (Lipinski definition) is 5. The first-order chi connectivity index (χ1) is 10.6. The molecule has 134 valence electrons. The highest BCUT2D eigenvalue weighted by atomic mass is 32.2. The summed E-state index contributed by atoms with van der Waals surface area (Å²) in [6, 6.07) is 1.12. The molecule has 0 spiro atoms. The van der Waals surface area contributed by atoms with Crippen molar-refractivity contribution in [2.24, 2.45) is 0 Å². The monoisotopic (exact) mass is 362 g/mol. The minimum Gasteiger partial charge on any atom is -0.384 e. The summed E-state index contributed by atoms with van der Waals surface area (Å²) in [4.78, 5) is 0. The van der Waals surface area contributed by atoms with E-state index in [1.807, 2.05) is 6.20 Å². The van der Waals surface area contributed by atoms with Crippen molar-refractivity contribution < 1.29 is 17.9 Å². The zero-order valence-corrected chi connectivity index (χ0v) is 16.8. The van der Waals surface area contributed by atoms with Gasteiger partial charge < -0.3 is 9.47 Å². The first-order valence-corrected chi connectivity index (χ1v) is 13.7. The Morgan fingerprint density at radius 2 is 1.91 bits per heavy atom. The van der Waals surface area contributed by atoms with Crippen molar-refractivity contribution in [3.63, 3.8) is 0 Å². The number of methoxy groups -OCH3 is 1. The highest BCUT2D eigenvalue weighted by Gasteiger charge is 2.14. The van der Waals surface area contributed by atoms with E-state index >= 15 is 0 Å². The summed E-state index contributed by atoms with van der Waals surface area (Å²) in [6.07, 6.45) is 4.34. The molecule has 0 atom stereocenters. The molecule has 0 aliphatic rings. The van der Waals surface area contributed by atoms with Crippen LogP contribution < -0.4 is 0 Å². The van der Waals surface area contributed by atoms with Gasteiger partial charge in [-0.3, -0.25) is 0 Å². The number of aryl methyl sites for hydroxylation is 1. The van der Waals surface area contributed by atoms with E-state index in [4.69, 9.17) is 9.47 Å². The molecule has 1 aromatic heterocycles. The molecule has 1 heterocycles. The van der Waals surface area contributed by atoms with E-state index < -0.39 is 17.9 Å². The number of aromatic nitrogens is 2. The maximum absolute atomic E-state index is 11.4. The van der Waals surface area contributed by atoms with Crippen LogP contribution in [0.3, 0.4) is 0 Å². The van der Waals surface area contributed by atoms with E-state index in [-0.39, 0.29) is 5.75 Å². The summed E-state index contributed by atoms with van der Waals surface area (Å²) < 4.78 is 35.3. The summed E-state index contributed by atoms with van der Waals surface area (Å²) in [5.41, 5.74) is 1.85. The predicted octanol–water partition coefficient (Wildman–Crippen LogP) is 1.97. The maximum atomic E-state index is 11.4. The topological polar surface area (TPSA) is 70.4 Å². The van der Waals surface area contributed by atoms with Gasteiger partial charge in [-0.2, -0.15) is 5.10 Å². The Hall–Kier alpha value is -0.703. The van der Waals surface area contributed by atoms with Crippen molar-refractivity contribution in [2.45, 2.75) is 45.3 Å². The smallest absolute Gasteiger partial charge is 0.147 e. The summed E-state index contributed by atoms with van der Waals surface area (Å²) in [5, 5.41) is 4.48. The lowest BCUT2D eigenvalue weighted by Gasteiger charge is -2.15. The van der Waals surface area contributed by atoms with E-state index in [1.54, 1.807) is 11.8 Å². The minimum absolute atomic E-state index is 0.112. The molecule has 0 bridgehead atoms. The fourth-order valence-corrected chi connectivity index (χ4v) is 3.34. The van der Waals surface area contributed by atoms with E-state index in [0.29, 0.717) is 19.8 Å². The van der Waals surface area contributed by atoms with E-state index in [0.717, 1.165) is 30.3 Å². The van der Waals surface area contributed by atoms with Crippen LogP contribution >= 0.6 is 0 Å². The molecule has 0 N–H and O–H groups in total. The van der Waals surface area contributed by atoms with Gasteiger partial charge in [-0.05, 0) is 18.0 Å². The van der Waals surface area contributed by atoms with Crippen LogP contribution in [0.25, 0.3) is 0 Å². The van der Waals surface area contributed by atoms with Gasteiger partial charge in [0.05, 0.1) is 18.1 Å². The lowest BCUT2D eigenvalue weighted by atomic mass is 10.1. The van der Waals surface area contributed by atoms with Gasteiger partial charge in [0.25, 0.3) is 0 Å². The van der Waals surface area contributed by atoms with Crippen molar-refractivity contribution in [3.05, 3.63) is 17.5 Å². The van der Waals surface area contributed by atoms with Gasteiger partial charge in [-0.25, -0.2) is 13.1 Å². The molecular formula is C15H30N2O4SSi. The minimum atomic E-state index is -2.99. The van der Waals surface area contributed by atoms with Crippen LogP contribution in [0.2, 0.25) is 25.7 Å². The van der Waals surface area contributed by atoms with E-state index in [1.165, 1.54) is 6.26 Å². The zero-order chi connectivity index (χ0) is 17.5. The van der Waals surface area contributed by atoms with Gasteiger partial charge in [-0.15, -0.1) is 0 Å². The maximum Gasteiger partial charge on any atom is 0.147 e. The van der Waals surface area contributed by atoms with Crippen LogP contribution in [0.1, 0.15) is 11.3 Å². The number of nitrogens with zero attached hydrogens (tertiary/aromatic N) is 2. The summed E-state index contributed by atoms with van der Waals surface area (Å²) >= 11 is 0. The first-order valence-electron chi connectivity index (χ1n) is 7.90. The Balaban J connectivity index is 2.63. The molecule has 6 nitrogen and oxygen atoms in total. The molecule has 0 amide bonds. The summed E-state index contributed by atoms with van der Waals surface area (Å²) in [5.74, 6) is 0.112. The number of hydrogen-bond donors (Lipinski definition) is 0. The number of sulfone groups is 1. The van der Waals surface area contributed by atoms with Crippen molar-refractivity contribution in [3.8, 4) is 0 Å². The molecule has 0 saturated carbocycles. The Labute approximate surface area is 141 Å². The van der Waals surface area contributed by atoms with Gasteiger partial charge in [0.15, 0.2) is 0 Å². The third-order valence-electron chi connectivity index (χ3n) is 3.43. The van der Waals surface area contributed by atoms with Crippen molar-refractivity contribution in [2.75, 3.05) is 32.3 Å². The average molecular weight is 363 g/mol. The van der Waals surface area contributed by atoms with Crippen LogP contribution in [0, 0.1) is 0 Å². The SMILES string of the molecule is COCCc1cn(COCC[Si](C)(C)C)nc1CCS(C)(=O)=O. The van der Waals surface area contributed by atoms with Crippen LogP contribution in [-0.2, 0) is 38.9 Å². The van der Waals surface area contributed by atoms with E-state index in [9.17, 15) is 8.42 Å². The van der Waals surface area contributed by atoms with Crippen molar-refractivity contribution in [1.82, 2.24) is 9.78 Å². The molecule has 0 unspecified atom stereocenters. The average Bonchev–Trinajstić information content (AvgIpc) is 2.79. The van der Waals surface area contributed by atoms with E-state index in [2.05, 4.69) is 24.7 Å². The first kappa shape index (κ1) is 20.3. The molecule has 1 aromatic rings. The Kier molecular flexibility index (Phi) is 7.92. The second-order valence-electron chi connectivity index (χ2n) is 7.11. The van der Waals surface area contributed by atoms with Crippen molar-refractivity contribution in [1.29, 1.82) is 0 Å². The third-order valence-corrected chi connectivity index (χ3v) is 6.08.